The van der Waals surface area contributed by atoms with Crippen molar-refractivity contribution in [3.8, 4) is 0 Å². The van der Waals surface area contributed by atoms with E-state index in [1.807, 2.05) is 0 Å². The number of carboxylic acids is 1. The Morgan fingerprint density at radius 1 is 1.24 bits per heavy atom. The number of carbonyl (C=O) groups is 2. The molecule has 0 aromatic heterocycles. The second-order valence-electron chi connectivity index (χ2n) is 5.23. The molecule has 6 heteroatoms. The first-order valence-electron chi connectivity index (χ1n) is 6.77. The highest BCUT2D eigenvalue weighted by atomic mass is 19.2. The Morgan fingerprint density at radius 3 is 2.43 bits per heavy atom. The van der Waals surface area contributed by atoms with E-state index in [0.29, 0.717) is 18.4 Å². The van der Waals surface area contributed by atoms with Gasteiger partial charge in [-0.15, -0.1) is 0 Å². The molecule has 0 radical (unpaired) electrons. The molecule has 0 aliphatic carbocycles. The van der Waals surface area contributed by atoms with Crippen LogP contribution in [-0.2, 0) is 16.0 Å². The average Bonchev–Trinajstić information content (AvgIpc) is 2.39. The van der Waals surface area contributed by atoms with Crippen LogP contribution in [0, 0.1) is 17.6 Å². The molecular formula is C15H19F2NO3. The van der Waals surface area contributed by atoms with Gasteiger partial charge in [-0.1, -0.05) is 19.9 Å². The Balaban J connectivity index is 2.42. The lowest BCUT2D eigenvalue weighted by Gasteiger charge is -2.17. The Hall–Kier alpha value is -1.98. The number of carboxylic acid groups (broad SMARTS) is 1. The molecule has 0 saturated carbocycles. The van der Waals surface area contributed by atoms with Crippen molar-refractivity contribution >= 4 is 11.9 Å². The summed E-state index contributed by atoms with van der Waals surface area (Å²) in [6.07, 6.45) is 0.987. The topological polar surface area (TPSA) is 66.4 Å². The normalized spacial score (nSPS) is 12.2. The highest BCUT2D eigenvalue weighted by molar-refractivity contribution is 5.83. The molecule has 21 heavy (non-hydrogen) atoms. The van der Waals surface area contributed by atoms with Crippen LogP contribution in [-0.4, -0.2) is 23.0 Å². The molecule has 0 fully saturated rings. The highest BCUT2D eigenvalue weighted by Crippen LogP contribution is 2.11. The molecule has 0 bridgehead atoms. The molecule has 0 saturated heterocycles. The third-order valence-corrected chi connectivity index (χ3v) is 3.10. The van der Waals surface area contributed by atoms with Gasteiger partial charge in [-0.3, -0.25) is 4.79 Å². The van der Waals surface area contributed by atoms with Crippen molar-refractivity contribution in [3.63, 3.8) is 0 Å². The second kappa shape index (κ2) is 7.71. The smallest absolute Gasteiger partial charge is 0.326 e. The number of hydrogen-bond acceptors (Lipinski definition) is 2. The van der Waals surface area contributed by atoms with Crippen molar-refractivity contribution in [2.24, 2.45) is 5.92 Å². The zero-order valence-corrected chi connectivity index (χ0v) is 12.0. The Morgan fingerprint density at radius 2 is 1.90 bits per heavy atom. The fraction of sp³-hybridized carbons (Fsp3) is 0.467. The predicted octanol–water partition coefficient (Wildman–Crippen LogP) is 2.51. The summed E-state index contributed by atoms with van der Waals surface area (Å²) >= 11 is 0. The minimum absolute atomic E-state index is 0.134. The van der Waals surface area contributed by atoms with Crippen LogP contribution in [0.1, 0.15) is 32.3 Å². The monoisotopic (exact) mass is 299 g/mol. The van der Waals surface area contributed by atoms with Crippen LogP contribution in [0.5, 0.6) is 0 Å². The van der Waals surface area contributed by atoms with Crippen molar-refractivity contribution in [3.05, 3.63) is 35.4 Å². The lowest BCUT2D eigenvalue weighted by molar-refractivity contribution is -0.143. The van der Waals surface area contributed by atoms with Gasteiger partial charge in [0.2, 0.25) is 5.91 Å². The molecule has 1 aromatic carbocycles. The van der Waals surface area contributed by atoms with Crippen molar-refractivity contribution in [2.45, 2.75) is 39.2 Å². The summed E-state index contributed by atoms with van der Waals surface area (Å²) in [4.78, 5) is 22.6. The highest BCUT2D eigenvalue weighted by Gasteiger charge is 2.22. The molecule has 1 aromatic rings. The standard InChI is InChI=1S/C15H19F2NO3/c1-9(2)14(15(20)21)18-13(19)5-3-4-10-6-7-11(16)12(17)8-10/h6-9,14H,3-5H2,1-2H3,(H,18,19)(H,20,21). The van der Waals surface area contributed by atoms with Gasteiger partial charge < -0.3 is 10.4 Å². The summed E-state index contributed by atoms with van der Waals surface area (Å²) in [6, 6.07) is 2.69. The molecule has 116 valence electrons. The van der Waals surface area contributed by atoms with Gasteiger partial charge in [-0.2, -0.15) is 0 Å². The number of halogens is 2. The molecule has 0 aliphatic heterocycles. The first kappa shape index (κ1) is 17.1. The van der Waals surface area contributed by atoms with E-state index in [-0.39, 0.29) is 18.2 Å². The summed E-state index contributed by atoms with van der Waals surface area (Å²) in [6.45, 7) is 3.42. The van der Waals surface area contributed by atoms with Crippen LogP contribution < -0.4 is 5.32 Å². The SMILES string of the molecule is CC(C)C(NC(=O)CCCc1ccc(F)c(F)c1)C(=O)O. The summed E-state index contributed by atoms with van der Waals surface area (Å²) in [5, 5.41) is 11.4. The van der Waals surface area contributed by atoms with Crippen LogP contribution in [0.4, 0.5) is 8.78 Å². The molecule has 1 rings (SSSR count). The van der Waals surface area contributed by atoms with Gasteiger partial charge in [0.05, 0.1) is 0 Å². The maximum absolute atomic E-state index is 13.0. The number of nitrogens with one attached hydrogen (secondary N) is 1. The van der Waals surface area contributed by atoms with Gasteiger partial charge in [0, 0.05) is 6.42 Å². The maximum atomic E-state index is 13.0. The Kier molecular flexibility index (Phi) is 6.27. The van der Waals surface area contributed by atoms with Crippen molar-refractivity contribution < 1.29 is 23.5 Å². The fourth-order valence-corrected chi connectivity index (χ4v) is 1.91. The van der Waals surface area contributed by atoms with Crippen molar-refractivity contribution in [2.75, 3.05) is 0 Å². The molecule has 1 amide bonds. The van der Waals surface area contributed by atoms with Crippen LogP contribution in [0.3, 0.4) is 0 Å². The fourth-order valence-electron chi connectivity index (χ4n) is 1.91. The summed E-state index contributed by atoms with van der Waals surface area (Å²) in [5.74, 6) is -3.46. The quantitative estimate of drug-likeness (QED) is 0.813. The van der Waals surface area contributed by atoms with Gasteiger partial charge >= 0.3 is 5.97 Å². The molecule has 0 heterocycles. The Labute approximate surface area is 122 Å². The Bertz CT molecular complexity index is 518. The maximum Gasteiger partial charge on any atom is 0.326 e. The predicted molar refractivity (Wildman–Crippen MR) is 73.7 cm³/mol. The molecule has 4 nitrogen and oxygen atoms in total. The minimum Gasteiger partial charge on any atom is -0.480 e. The molecule has 0 aliphatic rings. The number of rotatable bonds is 7. The average molecular weight is 299 g/mol. The van der Waals surface area contributed by atoms with Gasteiger partial charge in [0.1, 0.15) is 6.04 Å². The lowest BCUT2D eigenvalue weighted by atomic mass is 10.0. The van der Waals surface area contributed by atoms with E-state index in [9.17, 15) is 18.4 Å². The minimum atomic E-state index is -1.07. The van der Waals surface area contributed by atoms with E-state index >= 15 is 0 Å². The van der Waals surface area contributed by atoms with Crippen molar-refractivity contribution in [1.29, 1.82) is 0 Å². The first-order chi connectivity index (χ1) is 9.81. The molecule has 1 unspecified atom stereocenters. The third-order valence-electron chi connectivity index (χ3n) is 3.10. The van der Waals surface area contributed by atoms with Gasteiger partial charge in [0.15, 0.2) is 11.6 Å². The largest absolute Gasteiger partial charge is 0.480 e. The molecule has 0 spiro atoms. The summed E-state index contributed by atoms with van der Waals surface area (Å²) in [5.41, 5.74) is 0.598. The zero-order chi connectivity index (χ0) is 16.0. The lowest BCUT2D eigenvalue weighted by Crippen LogP contribution is -2.44. The van der Waals surface area contributed by atoms with Crippen LogP contribution >= 0.6 is 0 Å². The molecule has 1 atom stereocenters. The summed E-state index contributed by atoms with van der Waals surface area (Å²) in [7, 11) is 0. The molecule has 2 N–H and O–H groups in total. The van der Waals surface area contributed by atoms with Gasteiger partial charge in [-0.25, -0.2) is 13.6 Å². The second-order valence-corrected chi connectivity index (χ2v) is 5.23. The number of aliphatic carboxylic acids is 1. The van der Waals surface area contributed by atoms with Gasteiger partial charge in [-0.05, 0) is 36.5 Å². The summed E-state index contributed by atoms with van der Waals surface area (Å²) < 4.78 is 25.7. The number of hydrogen-bond donors (Lipinski definition) is 2. The number of aryl methyl sites for hydroxylation is 1. The first-order valence-corrected chi connectivity index (χ1v) is 6.77. The number of carbonyl (C=O) groups excluding carboxylic acids is 1. The third kappa shape index (κ3) is 5.49. The van der Waals surface area contributed by atoms with E-state index in [0.717, 1.165) is 12.1 Å². The van der Waals surface area contributed by atoms with Crippen LogP contribution in [0.25, 0.3) is 0 Å². The number of benzene rings is 1. The van der Waals surface area contributed by atoms with Crippen LogP contribution in [0.15, 0.2) is 18.2 Å². The number of amides is 1. The van der Waals surface area contributed by atoms with E-state index in [4.69, 9.17) is 5.11 Å². The van der Waals surface area contributed by atoms with Crippen LogP contribution in [0.2, 0.25) is 0 Å². The van der Waals surface area contributed by atoms with E-state index in [1.54, 1.807) is 13.8 Å². The van der Waals surface area contributed by atoms with E-state index in [2.05, 4.69) is 5.32 Å². The van der Waals surface area contributed by atoms with Crippen molar-refractivity contribution in [1.82, 2.24) is 5.32 Å². The zero-order valence-electron chi connectivity index (χ0n) is 12.0. The molecular weight excluding hydrogens is 280 g/mol. The van der Waals surface area contributed by atoms with E-state index < -0.39 is 23.6 Å². The van der Waals surface area contributed by atoms with Gasteiger partial charge in [0.25, 0.3) is 0 Å². The van der Waals surface area contributed by atoms with E-state index in [1.165, 1.54) is 6.07 Å².